The lowest BCUT2D eigenvalue weighted by Gasteiger charge is -2.37. The fraction of sp³-hybridized carbons (Fsp3) is 0.769. The number of hydrogen-bond donors (Lipinski definition) is 2. The molecule has 104 valence electrons. The Morgan fingerprint density at radius 2 is 2.00 bits per heavy atom. The highest BCUT2D eigenvalue weighted by molar-refractivity contribution is 8.13. The molecule has 2 saturated heterocycles. The zero-order valence-corrected chi connectivity index (χ0v) is 11.7. The Hall–Kier alpha value is -1.04. The molecule has 3 fully saturated rings. The highest BCUT2D eigenvalue weighted by atomic mass is 32.2. The molecule has 0 aromatic carbocycles. The molecule has 3 rings (SSSR count). The van der Waals surface area contributed by atoms with Crippen LogP contribution in [0.25, 0.3) is 0 Å². The van der Waals surface area contributed by atoms with Gasteiger partial charge in [0, 0.05) is 18.2 Å². The summed E-state index contributed by atoms with van der Waals surface area (Å²) in [6, 6.07) is 0.134. The molecular formula is C13H19N3O2S. The van der Waals surface area contributed by atoms with E-state index in [1.165, 1.54) is 25.7 Å². The Kier molecular flexibility index (Phi) is 3.77. The second-order valence-corrected chi connectivity index (χ2v) is 6.52. The SMILES string of the molecule is O=C1CCC(N=C2NC3CCCCC3CS2)C(=O)N1. The van der Waals surface area contributed by atoms with Crippen molar-refractivity contribution in [3.8, 4) is 0 Å². The number of hydrogen-bond acceptors (Lipinski definition) is 4. The van der Waals surface area contributed by atoms with Crippen LogP contribution in [0, 0.1) is 5.92 Å². The smallest absolute Gasteiger partial charge is 0.251 e. The maximum Gasteiger partial charge on any atom is 0.251 e. The van der Waals surface area contributed by atoms with Gasteiger partial charge in [0.15, 0.2) is 5.17 Å². The molecule has 1 saturated carbocycles. The van der Waals surface area contributed by atoms with E-state index in [2.05, 4.69) is 15.6 Å². The molecule has 6 heteroatoms. The van der Waals surface area contributed by atoms with E-state index in [1.54, 1.807) is 11.8 Å². The van der Waals surface area contributed by atoms with Crippen molar-refractivity contribution in [3.05, 3.63) is 0 Å². The van der Waals surface area contributed by atoms with Crippen LogP contribution in [0.3, 0.4) is 0 Å². The molecule has 0 bridgehead atoms. The quantitative estimate of drug-likeness (QED) is 0.705. The molecule has 2 N–H and O–H groups in total. The monoisotopic (exact) mass is 281 g/mol. The summed E-state index contributed by atoms with van der Waals surface area (Å²) in [4.78, 5) is 27.3. The molecule has 3 aliphatic rings. The largest absolute Gasteiger partial charge is 0.362 e. The van der Waals surface area contributed by atoms with E-state index in [9.17, 15) is 9.59 Å². The second kappa shape index (κ2) is 5.53. The van der Waals surface area contributed by atoms with Crippen LogP contribution < -0.4 is 10.6 Å². The van der Waals surface area contributed by atoms with Crippen LogP contribution in [0.2, 0.25) is 0 Å². The topological polar surface area (TPSA) is 70.6 Å². The molecule has 19 heavy (non-hydrogen) atoms. The van der Waals surface area contributed by atoms with Crippen LogP contribution in [-0.2, 0) is 9.59 Å². The molecular weight excluding hydrogens is 262 g/mol. The number of amidine groups is 1. The number of nitrogens with zero attached hydrogens (tertiary/aromatic N) is 1. The van der Waals surface area contributed by atoms with Gasteiger partial charge in [0.25, 0.3) is 5.91 Å². The lowest BCUT2D eigenvalue weighted by atomic mass is 9.86. The molecule has 0 aromatic heterocycles. The van der Waals surface area contributed by atoms with Gasteiger partial charge in [0.1, 0.15) is 6.04 Å². The van der Waals surface area contributed by atoms with Gasteiger partial charge in [-0.15, -0.1) is 0 Å². The first-order valence-corrected chi connectivity index (χ1v) is 8.02. The maximum absolute atomic E-state index is 11.7. The number of rotatable bonds is 1. The van der Waals surface area contributed by atoms with Crippen molar-refractivity contribution >= 4 is 28.7 Å². The summed E-state index contributed by atoms with van der Waals surface area (Å²) in [5.41, 5.74) is 0. The number of aliphatic imine (C=N–C) groups is 1. The summed E-state index contributed by atoms with van der Waals surface area (Å²) in [5.74, 6) is 1.42. The number of piperidine rings is 1. The zero-order valence-electron chi connectivity index (χ0n) is 10.9. The average molecular weight is 281 g/mol. The van der Waals surface area contributed by atoms with Gasteiger partial charge in [-0.1, -0.05) is 24.6 Å². The molecule has 0 spiro atoms. The van der Waals surface area contributed by atoms with E-state index < -0.39 is 6.04 Å². The molecule has 2 aliphatic heterocycles. The number of fused-ring (bicyclic) bond motifs is 1. The Balaban J connectivity index is 1.64. The molecule has 2 heterocycles. The summed E-state index contributed by atoms with van der Waals surface area (Å²) in [6.07, 6.45) is 6.05. The molecule has 5 nitrogen and oxygen atoms in total. The predicted octanol–water partition coefficient (Wildman–Crippen LogP) is 1.04. The fourth-order valence-electron chi connectivity index (χ4n) is 3.00. The maximum atomic E-state index is 11.7. The van der Waals surface area contributed by atoms with Crippen molar-refractivity contribution in [2.24, 2.45) is 10.9 Å². The van der Waals surface area contributed by atoms with Crippen molar-refractivity contribution in [1.29, 1.82) is 0 Å². The van der Waals surface area contributed by atoms with Crippen molar-refractivity contribution in [3.63, 3.8) is 0 Å². The average Bonchev–Trinajstić information content (AvgIpc) is 2.42. The molecule has 0 aromatic rings. The second-order valence-electron chi connectivity index (χ2n) is 5.51. The summed E-state index contributed by atoms with van der Waals surface area (Å²) in [5, 5.41) is 6.72. The summed E-state index contributed by atoms with van der Waals surface area (Å²) >= 11 is 1.72. The van der Waals surface area contributed by atoms with E-state index in [4.69, 9.17) is 0 Å². The summed E-state index contributed by atoms with van der Waals surface area (Å²) in [6.45, 7) is 0. The van der Waals surface area contributed by atoms with Crippen molar-refractivity contribution in [2.45, 2.75) is 50.6 Å². The van der Waals surface area contributed by atoms with E-state index in [-0.39, 0.29) is 11.8 Å². The van der Waals surface area contributed by atoms with Gasteiger partial charge in [-0.2, -0.15) is 0 Å². The van der Waals surface area contributed by atoms with E-state index in [0.717, 1.165) is 16.8 Å². The lowest BCUT2D eigenvalue weighted by molar-refractivity contribution is -0.133. The number of thioether (sulfide) groups is 1. The highest BCUT2D eigenvalue weighted by Crippen LogP contribution is 2.31. The van der Waals surface area contributed by atoms with Crippen molar-refractivity contribution in [1.82, 2.24) is 10.6 Å². The number of carbonyl (C=O) groups is 2. The number of nitrogens with one attached hydrogen (secondary N) is 2. The van der Waals surface area contributed by atoms with Crippen LogP contribution in [0.15, 0.2) is 4.99 Å². The van der Waals surface area contributed by atoms with Crippen LogP contribution >= 0.6 is 11.8 Å². The van der Waals surface area contributed by atoms with Crippen LogP contribution in [-0.4, -0.2) is 34.8 Å². The van der Waals surface area contributed by atoms with Gasteiger partial charge in [0.05, 0.1) is 0 Å². The molecule has 2 amide bonds. The van der Waals surface area contributed by atoms with Crippen molar-refractivity contribution in [2.75, 3.05) is 5.75 Å². The Morgan fingerprint density at radius 3 is 2.84 bits per heavy atom. The van der Waals surface area contributed by atoms with Gasteiger partial charge < -0.3 is 5.32 Å². The lowest BCUT2D eigenvalue weighted by Crippen LogP contribution is -2.48. The first kappa shape index (κ1) is 13.0. The van der Waals surface area contributed by atoms with Gasteiger partial charge in [0.2, 0.25) is 5.91 Å². The van der Waals surface area contributed by atoms with Crippen LogP contribution in [0.4, 0.5) is 0 Å². The van der Waals surface area contributed by atoms with E-state index in [1.807, 2.05) is 0 Å². The Morgan fingerprint density at radius 1 is 1.16 bits per heavy atom. The number of imide groups is 1. The summed E-state index contributed by atoms with van der Waals surface area (Å²) < 4.78 is 0. The predicted molar refractivity (Wildman–Crippen MR) is 74.9 cm³/mol. The molecule has 1 aliphatic carbocycles. The van der Waals surface area contributed by atoms with E-state index in [0.29, 0.717) is 18.9 Å². The van der Waals surface area contributed by atoms with E-state index >= 15 is 0 Å². The molecule has 3 unspecified atom stereocenters. The van der Waals surface area contributed by atoms with Crippen LogP contribution in [0.5, 0.6) is 0 Å². The third kappa shape index (κ3) is 2.94. The van der Waals surface area contributed by atoms with Gasteiger partial charge >= 0.3 is 0 Å². The Labute approximate surface area is 117 Å². The normalized spacial score (nSPS) is 37.5. The number of amides is 2. The third-order valence-electron chi connectivity index (χ3n) is 4.14. The van der Waals surface area contributed by atoms with Gasteiger partial charge in [-0.05, 0) is 25.2 Å². The minimum absolute atomic E-state index is 0.182. The first-order chi connectivity index (χ1) is 9.22. The first-order valence-electron chi connectivity index (χ1n) is 7.03. The molecule has 3 atom stereocenters. The number of carbonyl (C=O) groups excluding carboxylic acids is 2. The highest BCUT2D eigenvalue weighted by Gasteiger charge is 2.32. The Bertz CT molecular complexity index is 424. The minimum atomic E-state index is -0.396. The van der Waals surface area contributed by atoms with Crippen LogP contribution in [0.1, 0.15) is 38.5 Å². The fourth-order valence-corrected chi connectivity index (χ4v) is 4.21. The third-order valence-corrected chi connectivity index (χ3v) is 5.23. The zero-order chi connectivity index (χ0) is 13.2. The standard InChI is InChI=1S/C13H19N3O2S/c17-11-6-5-10(12(18)16-11)15-13-14-9-4-2-1-3-8(9)7-19-13/h8-10H,1-7H2,(H,14,15)(H,16,17,18). The van der Waals surface area contributed by atoms with Crippen molar-refractivity contribution < 1.29 is 9.59 Å². The minimum Gasteiger partial charge on any atom is -0.362 e. The molecule has 0 radical (unpaired) electrons. The van der Waals surface area contributed by atoms with Gasteiger partial charge in [-0.3, -0.25) is 14.9 Å². The van der Waals surface area contributed by atoms with Gasteiger partial charge in [-0.25, -0.2) is 4.99 Å². The summed E-state index contributed by atoms with van der Waals surface area (Å²) in [7, 11) is 0.